The number of thiazole rings is 1. The Labute approximate surface area is 168 Å². The highest BCUT2D eigenvalue weighted by molar-refractivity contribution is 7.16. The van der Waals surface area contributed by atoms with E-state index in [0.717, 1.165) is 52.0 Å². The van der Waals surface area contributed by atoms with Crippen molar-refractivity contribution >= 4 is 39.1 Å². The Kier molecular flexibility index (Phi) is 4.45. The van der Waals surface area contributed by atoms with E-state index < -0.39 is 0 Å². The summed E-state index contributed by atoms with van der Waals surface area (Å²) >= 11 is 7.73. The molecule has 4 bridgehead atoms. The molecule has 1 aromatic carbocycles. The molecule has 4 aliphatic carbocycles. The zero-order chi connectivity index (χ0) is 18.6. The maximum absolute atomic E-state index is 13.4. The van der Waals surface area contributed by atoms with Crippen LogP contribution in [-0.2, 0) is 16.1 Å². The molecule has 1 amide bonds. The minimum Gasteiger partial charge on any atom is -0.383 e. The van der Waals surface area contributed by atoms with Crippen LogP contribution in [0.15, 0.2) is 23.2 Å². The molecule has 6 heteroatoms. The summed E-state index contributed by atoms with van der Waals surface area (Å²) in [6.07, 6.45) is 7.16. The number of amides is 1. The maximum atomic E-state index is 13.4. The van der Waals surface area contributed by atoms with Crippen LogP contribution >= 0.6 is 22.9 Å². The SMILES string of the molecule is COCCn1c(=NC(=O)C23CC4CC(CC(C4)C2)C3)sc2cc(Cl)ccc21. The molecule has 0 saturated heterocycles. The van der Waals surface area contributed by atoms with Crippen LogP contribution in [0.5, 0.6) is 0 Å². The third kappa shape index (κ3) is 3.08. The van der Waals surface area contributed by atoms with Gasteiger partial charge in [0.05, 0.1) is 22.2 Å². The van der Waals surface area contributed by atoms with Crippen molar-refractivity contribution in [1.29, 1.82) is 0 Å². The molecule has 0 atom stereocenters. The minimum absolute atomic E-state index is 0.116. The molecular weight excluding hydrogens is 380 g/mol. The number of hydrogen-bond donors (Lipinski definition) is 0. The molecule has 1 heterocycles. The Bertz CT molecular complexity index is 925. The number of ether oxygens (including phenoxy) is 1. The highest BCUT2D eigenvalue weighted by Gasteiger charge is 2.54. The summed E-state index contributed by atoms with van der Waals surface area (Å²) in [5, 5.41) is 0.710. The zero-order valence-electron chi connectivity index (χ0n) is 15.6. The van der Waals surface area contributed by atoms with Gasteiger partial charge >= 0.3 is 0 Å². The monoisotopic (exact) mass is 404 g/mol. The number of nitrogens with zero attached hydrogens (tertiary/aromatic N) is 2. The van der Waals surface area contributed by atoms with Gasteiger partial charge < -0.3 is 9.30 Å². The summed E-state index contributed by atoms with van der Waals surface area (Å²) in [4.78, 5) is 18.9. The van der Waals surface area contributed by atoms with Gasteiger partial charge in [-0.05, 0) is 74.5 Å². The highest BCUT2D eigenvalue weighted by Crippen LogP contribution is 2.60. The highest BCUT2D eigenvalue weighted by atomic mass is 35.5. The lowest BCUT2D eigenvalue weighted by Crippen LogP contribution is -2.50. The summed E-state index contributed by atoms with van der Waals surface area (Å²) in [5.74, 6) is 2.36. The van der Waals surface area contributed by atoms with Crippen molar-refractivity contribution in [3.8, 4) is 0 Å². The molecule has 144 valence electrons. The lowest BCUT2D eigenvalue weighted by atomic mass is 9.49. The number of fused-ring (bicyclic) bond motifs is 1. The minimum atomic E-state index is -0.193. The summed E-state index contributed by atoms with van der Waals surface area (Å²) in [7, 11) is 1.70. The largest absolute Gasteiger partial charge is 0.383 e. The van der Waals surface area contributed by atoms with Crippen LogP contribution in [-0.4, -0.2) is 24.2 Å². The van der Waals surface area contributed by atoms with Crippen molar-refractivity contribution < 1.29 is 9.53 Å². The lowest BCUT2D eigenvalue weighted by Gasteiger charge is -2.55. The molecule has 0 radical (unpaired) electrons. The molecule has 4 fully saturated rings. The average Bonchev–Trinajstić information content (AvgIpc) is 2.94. The van der Waals surface area contributed by atoms with Crippen molar-refractivity contribution in [3.05, 3.63) is 28.0 Å². The number of hydrogen-bond acceptors (Lipinski definition) is 3. The first-order valence-electron chi connectivity index (χ1n) is 9.93. The first-order valence-corrected chi connectivity index (χ1v) is 11.1. The van der Waals surface area contributed by atoms with Crippen molar-refractivity contribution in [2.75, 3.05) is 13.7 Å². The number of rotatable bonds is 4. The molecule has 2 aromatic rings. The van der Waals surface area contributed by atoms with Crippen LogP contribution in [0.2, 0.25) is 5.02 Å². The number of aromatic nitrogens is 1. The second-order valence-corrected chi connectivity index (χ2v) is 10.2. The van der Waals surface area contributed by atoms with E-state index in [2.05, 4.69) is 4.57 Å². The Morgan fingerprint density at radius 1 is 1.26 bits per heavy atom. The zero-order valence-corrected chi connectivity index (χ0v) is 17.2. The van der Waals surface area contributed by atoms with E-state index in [1.165, 1.54) is 19.3 Å². The Balaban J connectivity index is 1.56. The van der Waals surface area contributed by atoms with Gasteiger partial charge in [-0.1, -0.05) is 22.9 Å². The van der Waals surface area contributed by atoms with E-state index in [-0.39, 0.29) is 11.3 Å². The molecule has 0 spiro atoms. The molecule has 0 aliphatic heterocycles. The van der Waals surface area contributed by atoms with Crippen molar-refractivity contribution in [1.82, 2.24) is 4.57 Å². The molecule has 4 nitrogen and oxygen atoms in total. The van der Waals surface area contributed by atoms with Gasteiger partial charge in [0.2, 0.25) is 0 Å². The molecule has 27 heavy (non-hydrogen) atoms. The van der Waals surface area contributed by atoms with Gasteiger partial charge in [-0.3, -0.25) is 4.79 Å². The number of carbonyl (C=O) groups excluding carboxylic acids is 1. The van der Waals surface area contributed by atoms with Gasteiger partial charge in [0, 0.05) is 18.7 Å². The second-order valence-electron chi connectivity index (χ2n) is 8.76. The molecule has 4 aliphatic rings. The Morgan fingerprint density at radius 3 is 2.56 bits per heavy atom. The van der Waals surface area contributed by atoms with E-state index in [4.69, 9.17) is 21.3 Å². The van der Waals surface area contributed by atoms with Gasteiger partial charge in [0.25, 0.3) is 5.91 Å². The molecule has 1 aromatic heterocycles. The summed E-state index contributed by atoms with van der Waals surface area (Å²) in [6.45, 7) is 1.28. The summed E-state index contributed by atoms with van der Waals surface area (Å²) in [6, 6.07) is 5.86. The number of methoxy groups -OCH3 is 1. The molecule has 6 rings (SSSR count). The van der Waals surface area contributed by atoms with Gasteiger partial charge in [0.1, 0.15) is 0 Å². The van der Waals surface area contributed by atoms with Crippen LogP contribution in [0.3, 0.4) is 0 Å². The van der Waals surface area contributed by atoms with Crippen LogP contribution in [0.25, 0.3) is 10.2 Å². The van der Waals surface area contributed by atoms with E-state index >= 15 is 0 Å². The van der Waals surface area contributed by atoms with Crippen molar-refractivity contribution in [3.63, 3.8) is 0 Å². The normalized spacial score (nSPS) is 32.5. The van der Waals surface area contributed by atoms with Crippen LogP contribution in [0, 0.1) is 23.2 Å². The van der Waals surface area contributed by atoms with Gasteiger partial charge in [-0.15, -0.1) is 0 Å². The van der Waals surface area contributed by atoms with Crippen LogP contribution in [0.4, 0.5) is 0 Å². The van der Waals surface area contributed by atoms with Crippen LogP contribution < -0.4 is 4.80 Å². The number of carbonyl (C=O) groups is 1. The Morgan fingerprint density at radius 2 is 1.93 bits per heavy atom. The van der Waals surface area contributed by atoms with E-state index in [0.29, 0.717) is 18.2 Å². The molecule has 0 unspecified atom stereocenters. The van der Waals surface area contributed by atoms with Gasteiger partial charge in [-0.25, -0.2) is 0 Å². The quantitative estimate of drug-likeness (QED) is 0.744. The first kappa shape index (κ1) is 17.9. The van der Waals surface area contributed by atoms with E-state index in [9.17, 15) is 4.79 Å². The third-order valence-corrected chi connectivity index (χ3v) is 8.13. The number of benzene rings is 1. The molecule has 0 N–H and O–H groups in total. The van der Waals surface area contributed by atoms with Gasteiger partial charge in [0.15, 0.2) is 4.80 Å². The topological polar surface area (TPSA) is 43.6 Å². The lowest BCUT2D eigenvalue weighted by molar-refractivity contribution is -0.142. The predicted octanol–water partition coefficient (Wildman–Crippen LogP) is 4.65. The van der Waals surface area contributed by atoms with Crippen LogP contribution in [0.1, 0.15) is 38.5 Å². The summed E-state index contributed by atoms with van der Waals surface area (Å²) in [5.41, 5.74) is 0.875. The summed E-state index contributed by atoms with van der Waals surface area (Å²) < 4.78 is 8.45. The smallest absolute Gasteiger partial charge is 0.254 e. The predicted molar refractivity (Wildman–Crippen MR) is 108 cm³/mol. The van der Waals surface area contributed by atoms with E-state index in [1.807, 2.05) is 18.2 Å². The fourth-order valence-electron chi connectivity index (χ4n) is 6.11. The van der Waals surface area contributed by atoms with Gasteiger partial charge in [-0.2, -0.15) is 4.99 Å². The second kappa shape index (κ2) is 6.71. The standard InChI is InChI=1S/C21H25ClN2O2S/c1-26-5-4-24-17-3-2-16(22)9-18(17)27-20(24)23-19(25)21-10-13-6-14(11-21)8-15(7-13)12-21/h2-3,9,13-15H,4-8,10-12H2,1H3. The molecule has 4 saturated carbocycles. The first-order chi connectivity index (χ1) is 13.1. The fraction of sp³-hybridized carbons (Fsp3) is 0.619. The fourth-order valence-corrected chi connectivity index (χ4v) is 7.44. The molecular formula is C21H25ClN2O2S. The van der Waals surface area contributed by atoms with Crippen molar-refractivity contribution in [2.45, 2.75) is 45.1 Å². The van der Waals surface area contributed by atoms with E-state index in [1.54, 1.807) is 18.4 Å². The third-order valence-electron chi connectivity index (χ3n) is 6.85. The van der Waals surface area contributed by atoms with Crippen molar-refractivity contribution in [2.24, 2.45) is 28.2 Å². The maximum Gasteiger partial charge on any atom is 0.254 e. The number of halogens is 1. The Hall–Kier alpha value is -1.17. The average molecular weight is 405 g/mol.